The molecule has 240 valence electrons. The fourth-order valence-corrected chi connectivity index (χ4v) is 3.72. The number of oxime groups is 1. The summed E-state index contributed by atoms with van der Waals surface area (Å²) in [6.45, 7) is 6.49. The molecule has 4 rings (SSSR count). The van der Waals surface area contributed by atoms with E-state index in [1.165, 1.54) is 37.1 Å². The van der Waals surface area contributed by atoms with Gasteiger partial charge in [-0.15, -0.1) is 0 Å². The van der Waals surface area contributed by atoms with Gasteiger partial charge in [0, 0.05) is 23.7 Å². The van der Waals surface area contributed by atoms with Crippen LogP contribution >= 0.6 is 0 Å². The smallest absolute Gasteiger partial charge is 0.153 e. The third-order valence-electron chi connectivity index (χ3n) is 6.11. The zero-order chi connectivity index (χ0) is 33.8. The van der Waals surface area contributed by atoms with Crippen LogP contribution in [0.1, 0.15) is 48.5 Å². The molecule has 4 N–H and O–H groups in total. The highest BCUT2D eigenvalue weighted by atomic mass is 16.5. The van der Waals surface area contributed by atoms with E-state index in [1.54, 1.807) is 27.4 Å². The van der Waals surface area contributed by atoms with Crippen molar-refractivity contribution in [3.63, 3.8) is 0 Å². The molecule has 0 atom stereocenters. The molecule has 0 heterocycles. The number of hydrogen-bond acceptors (Lipinski definition) is 10. The van der Waals surface area contributed by atoms with Gasteiger partial charge >= 0.3 is 0 Å². The minimum absolute atomic E-state index is 0.0902. The maximum absolute atomic E-state index is 10.4. The highest BCUT2D eigenvalue weighted by molar-refractivity contribution is 5.83. The lowest BCUT2D eigenvalue weighted by atomic mass is 10.1. The molecule has 0 aliphatic rings. The Morgan fingerprint density at radius 1 is 0.622 bits per heavy atom. The Morgan fingerprint density at radius 3 is 1.47 bits per heavy atom. The minimum atomic E-state index is 0.0902. The van der Waals surface area contributed by atoms with Crippen LogP contribution < -0.4 is 24.7 Å². The second kappa shape index (κ2) is 20.5. The topological polar surface area (TPSA) is 150 Å². The van der Waals surface area contributed by atoms with E-state index < -0.39 is 0 Å². The van der Waals surface area contributed by atoms with Gasteiger partial charge < -0.3 is 35.0 Å². The predicted molar refractivity (Wildman–Crippen MR) is 176 cm³/mol. The molecular formula is C35H42N2O8. The summed E-state index contributed by atoms with van der Waals surface area (Å²) in [5, 5.41) is 20.2. The summed E-state index contributed by atoms with van der Waals surface area (Å²) in [4.78, 5) is 20.8. The molecule has 0 saturated heterocycles. The Labute approximate surface area is 264 Å². The van der Waals surface area contributed by atoms with Crippen molar-refractivity contribution in [3.8, 4) is 28.7 Å². The summed E-state index contributed by atoms with van der Waals surface area (Å²) in [6, 6.07) is 21.5. The van der Waals surface area contributed by atoms with Crippen molar-refractivity contribution in [3.05, 3.63) is 112 Å². The Morgan fingerprint density at radius 2 is 1.02 bits per heavy atom. The molecule has 45 heavy (non-hydrogen) atoms. The summed E-state index contributed by atoms with van der Waals surface area (Å²) in [5.74, 6) is 2.72. The first-order valence-corrected chi connectivity index (χ1v) is 13.7. The fraction of sp³-hybridized carbons (Fsp3) is 0.229. The molecule has 0 unspecified atom stereocenters. The Bertz CT molecular complexity index is 1480. The van der Waals surface area contributed by atoms with Gasteiger partial charge in [-0.05, 0) is 79.9 Å². The standard InChI is InChI=1S/C9H11NO2.C9H13NO.C9H10O2.C8H8O3/c1-7-3-4-8(6-10-11)9(5-7)12-2;2*1-7-3-4-8(6-10)9(5-7)11-2;1-11-8-4-7(10)3-2-6(8)5-9/h3-6,11H,1-2H3;3-5H,6,10H2,1-2H3;3-6H,1-2H3;2-5,10H,1H3/b10-6+;;;. The summed E-state index contributed by atoms with van der Waals surface area (Å²) < 4.78 is 20.0. The average Bonchev–Trinajstić information content (AvgIpc) is 3.06. The van der Waals surface area contributed by atoms with Gasteiger partial charge in [-0.25, -0.2) is 0 Å². The van der Waals surface area contributed by atoms with Crippen molar-refractivity contribution in [1.29, 1.82) is 0 Å². The van der Waals surface area contributed by atoms with E-state index >= 15 is 0 Å². The largest absolute Gasteiger partial charge is 0.508 e. The molecule has 0 amide bonds. The molecule has 4 aromatic rings. The van der Waals surface area contributed by atoms with E-state index in [9.17, 15) is 9.59 Å². The van der Waals surface area contributed by atoms with E-state index in [4.69, 9.17) is 35.0 Å². The Kier molecular flexibility index (Phi) is 17.2. The fourth-order valence-electron chi connectivity index (χ4n) is 3.72. The van der Waals surface area contributed by atoms with Crippen molar-refractivity contribution >= 4 is 18.8 Å². The van der Waals surface area contributed by atoms with Crippen LogP contribution in [-0.2, 0) is 6.54 Å². The van der Waals surface area contributed by atoms with Crippen LogP contribution in [0.15, 0.2) is 78.0 Å². The first-order chi connectivity index (χ1) is 21.6. The molecular weight excluding hydrogens is 576 g/mol. The predicted octanol–water partition coefficient (Wildman–Crippen LogP) is 6.30. The molecule has 0 radical (unpaired) electrons. The molecule has 0 spiro atoms. The van der Waals surface area contributed by atoms with Crippen molar-refractivity contribution in [2.24, 2.45) is 10.9 Å². The van der Waals surface area contributed by atoms with Gasteiger partial charge in [-0.3, -0.25) is 9.59 Å². The first kappa shape index (κ1) is 37.7. The van der Waals surface area contributed by atoms with Crippen LogP contribution in [0.3, 0.4) is 0 Å². The number of carbonyl (C=O) groups excluding carboxylic acids is 2. The maximum atomic E-state index is 10.4. The number of nitrogens with zero attached hydrogens (tertiary/aromatic N) is 1. The normalized spacial score (nSPS) is 9.69. The molecule has 0 fully saturated rings. The molecule has 0 aliphatic heterocycles. The van der Waals surface area contributed by atoms with Crippen molar-refractivity contribution < 1.29 is 38.9 Å². The Hall–Kier alpha value is -5.35. The van der Waals surface area contributed by atoms with E-state index in [-0.39, 0.29) is 5.75 Å². The third-order valence-corrected chi connectivity index (χ3v) is 6.11. The highest BCUT2D eigenvalue weighted by Crippen LogP contribution is 2.22. The van der Waals surface area contributed by atoms with Gasteiger partial charge in [-0.1, -0.05) is 29.4 Å². The molecule has 10 heteroatoms. The number of carbonyl (C=O) groups is 2. The monoisotopic (exact) mass is 618 g/mol. The second-order valence-electron chi connectivity index (χ2n) is 9.42. The molecule has 4 aromatic carbocycles. The van der Waals surface area contributed by atoms with Gasteiger partial charge in [0.25, 0.3) is 0 Å². The van der Waals surface area contributed by atoms with Crippen molar-refractivity contribution in [2.45, 2.75) is 27.3 Å². The quantitative estimate of drug-likeness (QED) is 0.0894. The number of rotatable bonds is 8. The first-order valence-electron chi connectivity index (χ1n) is 13.7. The van der Waals surface area contributed by atoms with Crippen LogP contribution in [0.25, 0.3) is 0 Å². The summed E-state index contributed by atoms with van der Waals surface area (Å²) in [7, 11) is 6.25. The molecule has 0 aromatic heterocycles. The third kappa shape index (κ3) is 12.8. The summed E-state index contributed by atoms with van der Waals surface area (Å²) in [6.07, 6.45) is 2.81. The molecule has 0 saturated carbocycles. The lowest BCUT2D eigenvalue weighted by Gasteiger charge is -2.06. The van der Waals surface area contributed by atoms with Crippen LogP contribution in [0, 0.1) is 20.8 Å². The number of benzene rings is 4. The number of nitrogens with two attached hydrogens (primary N) is 1. The lowest BCUT2D eigenvalue weighted by molar-refractivity contribution is 0.111. The lowest BCUT2D eigenvalue weighted by Crippen LogP contribution is -1.99. The zero-order valence-corrected chi connectivity index (χ0v) is 26.7. The molecule has 0 bridgehead atoms. The molecule has 10 nitrogen and oxygen atoms in total. The summed E-state index contributed by atoms with van der Waals surface area (Å²) >= 11 is 0. The van der Waals surface area contributed by atoms with Crippen LogP contribution in [0.2, 0.25) is 0 Å². The minimum Gasteiger partial charge on any atom is -0.508 e. The molecule has 0 aliphatic carbocycles. The van der Waals surface area contributed by atoms with Gasteiger partial charge in [0.1, 0.15) is 28.7 Å². The van der Waals surface area contributed by atoms with E-state index in [0.717, 1.165) is 34.3 Å². The van der Waals surface area contributed by atoms with E-state index in [2.05, 4.69) is 5.16 Å². The SMILES string of the molecule is COc1cc(C)ccc1/C=N/O.COc1cc(C)ccc1C=O.COc1cc(C)ccc1CN.COc1cc(O)ccc1C=O. The number of hydrogen-bond donors (Lipinski definition) is 3. The van der Waals surface area contributed by atoms with Crippen LogP contribution in [0.5, 0.6) is 28.7 Å². The maximum Gasteiger partial charge on any atom is 0.153 e. The number of ether oxygens (including phenoxy) is 4. The number of phenols is 1. The number of aromatic hydroxyl groups is 1. The highest BCUT2D eigenvalue weighted by Gasteiger charge is 2.02. The van der Waals surface area contributed by atoms with Crippen molar-refractivity contribution in [2.75, 3.05) is 28.4 Å². The van der Waals surface area contributed by atoms with Gasteiger partial charge in [0.15, 0.2) is 12.6 Å². The second-order valence-corrected chi connectivity index (χ2v) is 9.42. The van der Waals surface area contributed by atoms with Crippen molar-refractivity contribution in [1.82, 2.24) is 0 Å². The number of methoxy groups -OCH3 is 4. The number of aldehydes is 2. The van der Waals surface area contributed by atoms with E-state index in [0.29, 0.717) is 41.2 Å². The van der Waals surface area contributed by atoms with Gasteiger partial charge in [0.05, 0.1) is 45.8 Å². The summed E-state index contributed by atoms with van der Waals surface area (Å²) in [5.41, 5.74) is 11.7. The van der Waals surface area contributed by atoms with E-state index in [1.807, 2.05) is 69.3 Å². The Balaban J connectivity index is 0.000000300. The van der Waals surface area contributed by atoms with Gasteiger partial charge in [-0.2, -0.15) is 0 Å². The number of phenolic OH excluding ortho intramolecular Hbond substituents is 1. The van der Waals surface area contributed by atoms with Crippen LogP contribution in [0.4, 0.5) is 0 Å². The average molecular weight is 619 g/mol. The number of aryl methyl sites for hydroxylation is 3. The zero-order valence-electron chi connectivity index (χ0n) is 26.7. The van der Waals surface area contributed by atoms with Crippen LogP contribution in [-0.4, -0.2) is 57.5 Å². The van der Waals surface area contributed by atoms with Gasteiger partial charge in [0.2, 0.25) is 0 Å².